The van der Waals surface area contributed by atoms with E-state index in [0.717, 1.165) is 118 Å². The standard InChI is InChI=1S/C26H28Cl2N6O2.C21H27N5O2.C14H20ClN3O2.C8H17N.C6H4Cl2N2O2.C5H2Cl3N/c1-4-26(2)10-13-33(14-11-26)20-15-30-22-24(31-20)34(16-17-5-7-18(35-3)8-6-17)32-25(22)36-19-9-12-29-23(28)21(19)27;1-4-21(2)9-11-25(12-10-21)17-13-22-18-19(23-17)26(24-20(18)27)14-15-5-7-16(28-3)8-6-15;1-4-14(2)5-7-18(8-6-14)10-9-16-11(12(15)17-10)13(19)20-3;1-3-8(2)4-6-9-7-5-8;1-12-6(11)4-5(8)10-3(7)2-9-4;6-3-1-2-9-5(8)4(3)7/h5-9,12,15H,4,10-11,13-14,16H2,1-3H3;5-8,13H,4,9-12,14H2,1-3H3,(H,24,27);9H,4-8H2,1-3H3;9H,3-7H2,1-2H3;2H,1H3;1-2H. The van der Waals surface area contributed by atoms with E-state index in [0.29, 0.717) is 78.8 Å². The van der Waals surface area contributed by atoms with E-state index in [1.165, 1.54) is 84.4 Å². The summed E-state index contributed by atoms with van der Waals surface area (Å²) in [5, 5.41) is 12.5. The summed E-state index contributed by atoms with van der Waals surface area (Å²) in [6.45, 7) is 27.7. The van der Waals surface area contributed by atoms with Crippen molar-refractivity contribution >= 4 is 145 Å². The molecule has 26 nitrogen and oxygen atoms in total. The average molecular weight is 1720 g/mol. The Labute approximate surface area is 705 Å². The van der Waals surface area contributed by atoms with Gasteiger partial charge in [0.15, 0.2) is 54.9 Å². The lowest BCUT2D eigenvalue weighted by atomic mass is 9.78. The number of rotatable bonds is 17. The molecule has 0 spiro atoms. The molecule has 0 bridgehead atoms. The highest BCUT2D eigenvalue weighted by Crippen LogP contribution is 2.41. The Hall–Kier alpha value is -8.18. The highest BCUT2D eigenvalue weighted by Gasteiger charge is 2.33. The molecule has 14 rings (SSSR count). The van der Waals surface area contributed by atoms with Crippen molar-refractivity contribution < 1.29 is 33.3 Å². The van der Waals surface area contributed by atoms with Gasteiger partial charge in [0, 0.05) is 57.7 Å². The van der Waals surface area contributed by atoms with Gasteiger partial charge in [-0.2, -0.15) is 0 Å². The van der Waals surface area contributed by atoms with Crippen molar-refractivity contribution in [3.8, 4) is 23.1 Å². The van der Waals surface area contributed by atoms with Gasteiger partial charge in [-0.25, -0.2) is 64.1 Å². The van der Waals surface area contributed by atoms with Crippen LogP contribution >= 0.6 is 92.8 Å². The molecular weight excluding hydrogens is 1620 g/mol. The average Bonchev–Trinajstić information content (AvgIpc) is 1.62. The van der Waals surface area contributed by atoms with Crippen LogP contribution < -0.4 is 39.8 Å². The van der Waals surface area contributed by atoms with Gasteiger partial charge in [0.05, 0.1) is 76.4 Å². The van der Waals surface area contributed by atoms with Crippen molar-refractivity contribution in [1.29, 1.82) is 0 Å². The third-order valence-electron chi connectivity index (χ3n) is 21.9. The van der Waals surface area contributed by atoms with E-state index in [-0.39, 0.29) is 47.7 Å². The number of aromatic amines is 1. The van der Waals surface area contributed by atoms with Crippen molar-refractivity contribution in [3.05, 3.63) is 172 Å². The number of hydrogen-bond donors (Lipinski definition) is 2. The molecule has 2 N–H and O–H groups in total. The summed E-state index contributed by atoms with van der Waals surface area (Å²) in [7, 11) is 5.82. The van der Waals surface area contributed by atoms with Gasteiger partial charge in [-0.15, -0.1) is 5.10 Å². The first-order valence-corrected chi connectivity index (χ1v) is 40.8. The molecular formula is C80H98Cl8N18O8. The minimum atomic E-state index is -0.635. The largest absolute Gasteiger partial charge is 0.497 e. The van der Waals surface area contributed by atoms with E-state index in [4.69, 9.17) is 127 Å². The molecule has 34 heteroatoms. The molecule has 4 fully saturated rings. The number of piperidine rings is 4. The fourth-order valence-corrected chi connectivity index (χ4v) is 14.2. The van der Waals surface area contributed by atoms with Crippen LogP contribution in [0.4, 0.5) is 17.5 Å². The molecule has 4 aliphatic heterocycles. The Kier molecular flexibility index (Phi) is 32.7. The van der Waals surface area contributed by atoms with Gasteiger partial charge in [0.1, 0.15) is 44.3 Å². The van der Waals surface area contributed by atoms with E-state index in [1.54, 1.807) is 54.3 Å². The molecule has 0 atom stereocenters. The summed E-state index contributed by atoms with van der Waals surface area (Å²) in [6, 6.07) is 18.9. The number of anilines is 3. The lowest BCUT2D eigenvalue weighted by Crippen LogP contribution is -2.39. The Morgan fingerprint density at radius 3 is 1.32 bits per heavy atom. The zero-order valence-electron chi connectivity index (χ0n) is 66.2. The number of hydrogen-bond acceptors (Lipinski definition) is 23. The van der Waals surface area contributed by atoms with Crippen LogP contribution in [0.5, 0.6) is 23.1 Å². The molecule has 12 heterocycles. The SMILES string of the molecule is CCC1(C)CCN(c2cnc(C(=O)OC)c(Cl)n2)CC1.CCC1(C)CCN(c2cnc3c(=O)[nH]n(Cc4ccc(OC)cc4)c3n2)CC1.CCC1(C)CCN(c2cnc3c(Oc4ccnc(Cl)c4Cl)nn(Cc4ccc(OC)cc4)c3n2)CC1.CCC1(C)CCNCC1.COC(=O)c1ncc(Cl)nc1Cl.Clc1ccnc(Cl)c1Cl. The molecule has 4 aliphatic rings. The molecule has 8 aromatic heterocycles. The van der Waals surface area contributed by atoms with Gasteiger partial charge in [-0.1, -0.05) is 198 Å². The Morgan fingerprint density at radius 1 is 0.465 bits per heavy atom. The molecule has 10 aromatic rings. The number of nitrogens with zero attached hydrogens (tertiary/aromatic N) is 16. The van der Waals surface area contributed by atoms with Gasteiger partial charge in [-0.3, -0.25) is 14.6 Å². The predicted octanol–water partition coefficient (Wildman–Crippen LogP) is 18.9. The predicted molar refractivity (Wildman–Crippen MR) is 453 cm³/mol. The Balaban J connectivity index is 0.000000169. The molecule has 0 radical (unpaired) electrons. The van der Waals surface area contributed by atoms with Crippen molar-refractivity contribution in [2.24, 2.45) is 21.7 Å². The third-order valence-corrected chi connectivity index (χ3v) is 24.6. The monoisotopic (exact) mass is 1720 g/mol. The number of benzene rings is 2. The second-order valence-corrected chi connectivity index (χ2v) is 32.4. The van der Waals surface area contributed by atoms with Crippen molar-refractivity contribution in [2.75, 3.05) is 95.5 Å². The van der Waals surface area contributed by atoms with Crippen molar-refractivity contribution in [3.63, 3.8) is 0 Å². The highest BCUT2D eigenvalue weighted by molar-refractivity contribution is 6.47. The third kappa shape index (κ3) is 24.0. The van der Waals surface area contributed by atoms with Gasteiger partial charge in [-0.05, 0) is 128 Å². The second-order valence-electron chi connectivity index (χ2n) is 29.5. The second kappa shape index (κ2) is 41.6. The molecule has 114 heavy (non-hydrogen) atoms. The molecule has 612 valence electrons. The number of halogens is 8. The fraction of sp³-hybridized carbons (Fsp3) is 0.475. The molecule has 0 aliphatic carbocycles. The van der Waals surface area contributed by atoms with Crippen LogP contribution in [-0.4, -0.2) is 162 Å². The Bertz CT molecular complexity index is 4870. The number of ether oxygens (including phenoxy) is 5. The number of nitrogens with one attached hydrogen (secondary N) is 2. The normalized spacial score (nSPS) is 15.8. The van der Waals surface area contributed by atoms with Crippen LogP contribution in [-0.2, 0) is 22.6 Å². The zero-order valence-corrected chi connectivity index (χ0v) is 72.3. The fourth-order valence-electron chi connectivity index (χ4n) is 12.8. The van der Waals surface area contributed by atoms with E-state index < -0.39 is 11.9 Å². The maximum atomic E-state index is 12.3. The van der Waals surface area contributed by atoms with Gasteiger partial charge < -0.3 is 43.7 Å². The van der Waals surface area contributed by atoms with Crippen LogP contribution in [0.1, 0.15) is 165 Å². The van der Waals surface area contributed by atoms with Gasteiger partial charge >= 0.3 is 11.9 Å². The van der Waals surface area contributed by atoms with Crippen LogP contribution in [0.15, 0.2) is 103 Å². The first kappa shape index (κ1) is 89.7. The number of pyridine rings is 2. The smallest absolute Gasteiger partial charge is 0.359 e. The van der Waals surface area contributed by atoms with E-state index >= 15 is 0 Å². The van der Waals surface area contributed by atoms with Gasteiger partial charge in [0.2, 0.25) is 0 Å². The van der Waals surface area contributed by atoms with Gasteiger partial charge in [0.25, 0.3) is 11.4 Å². The van der Waals surface area contributed by atoms with E-state index in [2.05, 4.69) is 125 Å². The number of aromatic nitrogens is 14. The number of carbonyl (C=O) groups excluding carboxylic acids is 2. The number of esters is 2. The molecule has 2 aromatic carbocycles. The summed E-state index contributed by atoms with van der Waals surface area (Å²) < 4.78 is 29.1. The lowest BCUT2D eigenvalue weighted by molar-refractivity contribution is 0.0585. The minimum Gasteiger partial charge on any atom is -0.497 e. The van der Waals surface area contributed by atoms with Crippen molar-refractivity contribution in [2.45, 2.75) is 146 Å². The topological polar surface area (TPSA) is 287 Å². The first-order valence-electron chi connectivity index (χ1n) is 37.7. The first-order chi connectivity index (χ1) is 54.5. The van der Waals surface area contributed by atoms with Crippen LogP contribution in [0, 0.1) is 21.7 Å². The summed E-state index contributed by atoms with van der Waals surface area (Å²) in [5.74, 6) is 3.47. The minimum absolute atomic E-state index is 0.0384. The maximum Gasteiger partial charge on any atom is 0.359 e. The molecule has 0 unspecified atom stereocenters. The van der Waals surface area contributed by atoms with E-state index in [1.807, 2.05) is 48.5 Å². The van der Waals surface area contributed by atoms with E-state index in [9.17, 15) is 14.4 Å². The van der Waals surface area contributed by atoms with Crippen LogP contribution in [0.25, 0.3) is 22.3 Å². The summed E-state index contributed by atoms with van der Waals surface area (Å²) in [6.07, 6.45) is 23.8. The number of carbonyl (C=O) groups is 2. The molecule has 0 amide bonds. The highest BCUT2D eigenvalue weighted by atomic mass is 35.5. The molecule has 4 saturated heterocycles. The maximum absolute atomic E-state index is 12.3. The van der Waals surface area contributed by atoms with Crippen molar-refractivity contribution in [1.82, 2.24) is 74.7 Å². The number of fused-ring (bicyclic) bond motifs is 2. The Morgan fingerprint density at radius 2 is 0.886 bits per heavy atom. The number of H-pyrrole nitrogens is 1. The lowest BCUT2D eigenvalue weighted by Gasteiger charge is -2.39. The zero-order chi connectivity index (χ0) is 82.5. The quantitative estimate of drug-likeness (QED) is 0.0632. The summed E-state index contributed by atoms with van der Waals surface area (Å²) >= 11 is 46.0. The summed E-state index contributed by atoms with van der Waals surface area (Å²) in [5.41, 5.74) is 5.95. The molecule has 0 saturated carbocycles. The van der Waals surface area contributed by atoms with Crippen LogP contribution in [0.2, 0.25) is 40.8 Å². The van der Waals surface area contributed by atoms with Crippen LogP contribution in [0.3, 0.4) is 0 Å². The number of methoxy groups -OCH3 is 4. The summed E-state index contributed by atoms with van der Waals surface area (Å²) in [4.78, 5) is 83.5.